The van der Waals surface area contributed by atoms with E-state index >= 15 is 0 Å². The van der Waals surface area contributed by atoms with Crippen molar-refractivity contribution in [3.8, 4) is 0 Å². The maximum absolute atomic E-state index is 11.3. The molecule has 0 aromatic rings. The van der Waals surface area contributed by atoms with E-state index in [2.05, 4.69) is 5.32 Å². The molecular weight excluding hydrogens is 232 g/mol. The lowest BCUT2D eigenvalue weighted by atomic mass is 10.1. The number of thioether (sulfide) groups is 1. The molecule has 1 atom stereocenters. The molecule has 0 aromatic heterocycles. The lowest BCUT2D eigenvalue weighted by Crippen LogP contribution is -2.45. The Morgan fingerprint density at radius 1 is 1.31 bits per heavy atom. The maximum Gasteiger partial charge on any atom is 0.326 e. The SMILES string of the molecule is CC(C)[C@@H](NC(=O)CSCC(N)=O)C(=O)O. The first-order valence-electron chi connectivity index (χ1n) is 4.72. The van der Waals surface area contributed by atoms with Crippen LogP contribution >= 0.6 is 11.8 Å². The fraction of sp³-hybridized carbons (Fsp3) is 0.667. The van der Waals surface area contributed by atoms with Crippen LogP contribution in [0.25, 0.3) is 0 Å². The zero-order chi connectivity index (χ0) is 12.7. The molecule has 7 heteroatoms. The second kappa shape index (κ2) is 7.10. The molecule has 16 heavy (non-hydrogen) atoms. The van der Waals surface area contributed by atoms with Crippen LogP contribution in [0.1, 0.15) is 13.8 Å². The molecule has 0 aliphatic heterocycles. The highest BCUT2D eigenvalue weighted by Gasteiger charge is 2.23. The lowest BCUT2D eigenvalue weighted by molar-refractivity contribution is -0.142. The summed E-state index contributed by atoms with van der Waals surface area (Å²) in [5, 5.41) is 11.2. The molecule has 0 spiro atoms. The number of amides is 2. The molecule has 6 nitrogen and oxygen atoms in total. The van der Waals surface area contributed by atoms with Crippen molar-refractivity contribution >= 4 is 29.5 Å². The van der Waals surface area contributed by atoms with Gasteiger partial charge < -0.3 is 16.2 Å². The zero-order valence-electron chi connectivity index (χ0n) is 9.23. The molecule has 0 heterocycles. The Labute approximate surface area is 98.0 Å². The van der Waals surface area contributed by atoms with Gasteiger partial charge in [-0.2, -0.15) is 0 Å². The van der Waals surface area contributed by atoms with E-state index in [9.17, 15) is 14.4 Å². The van der Waals surface area contributed by atoms with E-state index in [1.165, 1.54) is 0 Å². The first kappa shape index (κ1) is 14.8. The average molecular weight is 248 g/mol. The van der Waals surface area contributed by atoms with Crippen LogP contribution in [-0.2, 0) is 14.4 Å². The Hall–Kier alpha value is -1.24. The third-order valence-corrected chi connectivity index (χ3v) is 2.68. The molecule has 0 rings (SSSR count). The number of hydrogen-bond donors (Lipinski definition) is 3. The first-order chi connectivity index (χ1) is 7.34. The highest BCUT2D eigenvalue weighted by atomic mass is 32.2. The molecule has 0 radical (unpaired) electrons. The van der Waals surface area contributed by atoms with Gasteiger partial charge in [0.1, 0.15) is 6.04 Å². The van der Waals surface area contributed by atoms with Crippen molar-refractivity contribution in [3.05, 3.63) is 0 Å². The average Bonchev–Trinajstić information content (AvgIpc) is 2.12. The Balaban J connectivity index is 4.01. The summed E-state index contributed by atoms with van der Waals surface area (Å²) in [6.45, 7) is 3.41. The topological polar surface area (TPSA) is 109 Å². The predicted octanol–water partition coefficient (Wildman–Crippen LogP) is -0.570. The molecule has 0 aliphatic carbocycles. The smallest absolute Gasteiger partial charge is 0.326 e. The van der Waals surface area contributed by atoms with Gasteiger partial charge in [-0.05, 0) is 5.92 Å². The van der Waals surface area contributed by atoms with Gasteiger partial charge >= 0.3 is 5.97 Å². The van der Waals surface area contributed by atoms with Gasteiger partial charge in [0.05, 0.1) is 11.5 Å². The normalized spacial score (nSPS) is 12.2. The molecule has 2 amide bonds. The number of carbonyl (C=O) groups is 3. The van der Waals surface area contributed by atoms with Gasteiger partial charge in [0, 0.05) is 0 Å². The molecule has 0 unspecified atom stereocenters. The Bertz CT molecular complexity index is 281. The van der Waals surface area contributed by atoms with Crippen LogP contribution in [-0.4, -0.2) is 40.4 Å². The fourth-order valence-corrected chi connectivity index (χ4v) is 1.54. The van der Waals surface area contributed by atoms with Crippen LogP contribution in [0.3, 0.4) is 0 Å². The second-order valence-electron chi connectivity index (χ2n) is 3.59. The van der Waals surface area contributed by atoms with Crippen molar-refractivity contribution in [2.75, 3.05) is 11.5 Å². The van der Waals surface area contributed by atoms with Gasteiger partial charge in [-0.3, -0.25) is 9.59 Å². The summed E-state index contributed by atoms with van der Waals surface area (Å²) < 4.78 is 0. The van der Waals surface area contributed by atoms with Gasteiger partial charge in [0.2, 0.25) is 11.8 Å². The first-order valence-corrected chi connectivity index (χ1v) is 5.88. The van der Waals surface area contributed by atoms with E-state index in [4.69, 9.17) is 10.8 Å². The third-order valence-electron chi connectivity index (χ3n) is 1.73. The molecule has 0 aromatic carbocycles. The Morgan fingerprint density at radius 2 is 1.88 bits per heavy atom. The number of hydrogen-bond acceptors (Lipinski definition) is 4. The predicted molar refractivity (Wildman–Crippen MR) is 60.9 cm³/mol. The number of primary amides is 1. The fourth-order valence-electron chi connectivity index (χ4n) is 0.973. The van der Waals surface area contributed by atoms with Crippen molar-refractivity contribution < 1.29 is 19.5 Å². The number of aliphatic carboxylic acids is 1. The molecule has 4 N–H and O–H groups in total. The number of rotatable bonds is 7. The largest absolute Gasteiger partial charge is 0.480 e. The molecule has 0 bridgehead atoms. The number of carbonyl (C=O) groups excluding carboxylic acids is 2. The van der Waals surface area contributed by atoms with Gasteiger partial charge in [-0.25, -0.2) is 4.79 Å². The highest BCUT2D eigenvalue weighted by molar-refractivity contribution is 8.00. The number of carboxylic acid groups (broad SMARTS) is 1. The third kappa shape index (κ3) is 6.28. The molecule has 0 saturated carbocycles. The van der Waals surface area contributed by atoms with Crippen molar-refractivity contribution in [2.24, 2.45) is 11.7 Å². The number of carboxylic acids is 1. The summed E-state index contributed by atoms with van der Waals surface area (Å²) >= 11 is 1.06. The summed E-state index contributed by atoms with van der Waals surface area (Å²) in [7, 11) is 0. The van der Waals surface area contributed by atoms with E-state index < -0.39 is 23.8 Å². The van der Waals surface area contributed by atoms with E-state index in [0.29, 0.717) is 0 Å². The van der Waals surface area contributed by atoms with Crippen LogP contribution in [0.2, 0.25) is 0 Å². The zero-order valence-corrected chi connectivity index (χ0v) is 10.0. The number of nitrogens with one attached hydrogen (secondary N) is 1. The molecule has 0 fully saturated rings. The Kier molecular flexibility index (Phi) is 6.55. The minimum atomic E-state index is -1.07. The monoisotopic (exact) mass is 248 g/mol. The Morgan fingerprint density at radius 3 is 2.25 bits per heavy atom. The lowest BCUT2D eigenvalue weighted by Gasteiger charge is -2.17. The maximum atomic E-state index is 11.3. The molecule has 92 valence electrons. The van der Waals surface area contributed by atoms with Gasteiger partial charge in [0.25, 0.3) is 0 Å². The van der Waals surface area contributed by atoms with Crippen molar-refractivity contribution in [3.63, 3.8) is 0 Å². The quantitative estimate of drug-likeness (QED) is 0.559. The van der Waals surface area contributed by atoms with Crippen LogP contribution in [0, 0.1) is 5.92 Å². The van der Waals surface area contributed by atoms with Crippen LogP contribution in [0.5, 0.6) is 0 Å². The minimum Gasteiger partial charge on any atom is -0.480 e. The van der Waals surface area contributed by atoms with E-state index in [0.717, 1.165) is 11.8 Å². The highest BCUT2D eigenvalue weighted by Crippen LogP contribution is 2.03. The summed E-state index contributed by atoms with van der Waals surface area (Å²) in [6, 6.07) is -0.901. The van der Waals surface area contributed by atoms with Crippen LogP contribution in [0.4, 0.5) is 0 Å². The van der Waals surface area contributed by atoms with Crippen LogP contribution < -0.4 is 11.1 Å². The van der Waals surface area contributed by atoms with E-state index in [1.807, 2.05) is 0 Å². The van der Waals surface area contributed by atoms with Crippen molar-refractivity contribution in [1.82, 2.24) is 5.32 Å². The van der Waals surface area contributed by atoms with Crippen molar-refractivity contribution in [1.29, 1.82) is 0 Å². The summed E-state index contributed by atoms with van der Waals surface area (Å²) in [4.78, 5) is 32.5. The van der Waals surface area contributed by atoms with E-state index in [1.54, 1.807) is 13.8 Å². The number of nitrogens with two attached hydrogens (primary N) is 1. The van der Waals surface area contributed by atoms with E-state index in [-0.39, 0.29) is 17.4 Å². The standard InChI is InChI=1S/C9H16N2O4S/c1-5(2)8(9(14)15)11-7(13)4-16-3-6(10)12/h5,8H,3-4H2,1-2H3,(H2,10,12)(H,11,13)(H,14,15)/t8-/m1/s1. The summed E-state index contributed by atoms with van der Waals surface area (Å²) in [6.07, 6.45) is 0. The van der Waals surface area contributed by atoms with Gasteiger partial charge in [0.15, 0.2) is 0 Å². The van der Waals surface area contributed by atoms with Gasteiger partial charge in [-0.15, -0.1) is 11.8 Å². The summed E-state index contributed by atoms with van der Waals surface area (Å²) in [5.74, 6) is -2.10. The minimum absolute atomic E-state index is 0.0272. The molecular formula is C9H16N2O4S. The summed E-state index contributed by atoms with van der Waals surface area (Å²) in [5.41, 5.74) is 4.89. The van der Waals surface area contributed by atoms with Crippen molar-refractivity contribution in [2.45, 2.75) is 19.9 Å². The van der Waals surface area contributed by atoms with Crippen LogP contribution in [0.15, 0.2) is 0 Å². The van der Waals surface area contributed by atoms with Gasteiger partial charge in [-0.1, -0.05) is 13.8 Å². The second-order valence-corrected chi connectivity index (χ2v) is 4.57. The molecule has 0 aliphatic rings. The molecule has 0 saturated heterocycles.